The zero-order valence-corrected chi connectivity index (χ0v) is 10.6. The molecule has 1 unspecified atom stereocenters. The molecule has 18 heavy (non-hydrogen) atoms. The number of hydrogen-bond donors (Lipinski definition) is 1. The van der Waals surface area contributed by atoms with Gasteiger partial charge in [-0.05, 0) is 36.5 Å². The number of hydrogen-bond acceptors (Lipinski definition) is 4. The van der Waals surface area contributed by atoms with Crippen LogP contribution in [0.2, 0.25) is 0 Å². The van der Waals surface area contributed by atoms with E-state index in [4.69, 9.17) is 9.47 Å². The van der Waals surface area contributed by atoms with Gasteiger partial charge in [0, 0.05) is 38.7 Å². The molecule has 3 rings (SSSR count). The van der Waals surface area contributed by atoms with Gasteiger partial charge in [-0.25, -0.2) is 0 Å². The van der Waals surface area contributed by atoms with E-state index in [0.29, 0.717) is 12.5 Å². The number of nitrogens with zero attached hydrogens (tertiary/aromatic N) is 1. The van der Waals surface area contributed by atoms with Crippen molar-refractivity contribution in [2.24, 2.45) is 5.92 Å². The van der Waals surface area contributed by atoms with Gasteiger partial charge >= 0.3 is 0 Å². The van der Waals surface area contributed by atoms with Crippen LogP contribution in [0.15, 0.2) is 24.5 Å². The zero-order valence-electron chi connectivity index (χ0n) is 10.6. The van der Waals surface area contributed by atoms with Crippen molar-refractivity contribution in [2.75, 3.05) is 26.3 Å². The highest BCUT2D eigenvalue weighted by atomic mass is 16.5. The first kappa shape index (κ1) is 12.1. The smallest absolute Gasteiger partial charge is 0.0959 e. The minimum atomic E-state index is 0.139. The number of pyridine rings is 1. The molecule has 98 valence electrons. The van der Waals surface area contributed by atoms with Crippen LogP contribution in [0.5, 0.6) is 0 Å². The molecule has 2 fully saturated rings. The van der Waals surface area contributed by atoms with Crippen molar-refractivity contribution in [3.8, 4) is 0 Å². The van der Waals surface area contributed by atoms with Gasteiger partial charge in [0.05, 0.1) is 12.2 Å². The molecule has 4 nitrogen and oxygen atoms in total. The molecule has 3 heterocycles. The highest BCUT2D eigenvalue weighted by Gasteiger charge is 2.48. The van der Waals surface area contributed by atoms with Gasteiger partial charge in [0.1, 0.15) is 0 Å². The van der Waals surface area contributed by atoms with Crippen LogP contribution < -0.4 is 5.32 Å². The van der Waals surface area contributed by atoms with Crippen molar-refractivity contribution in [1.82, 2.24) is 10.3 Å². The highest BCUT2D eigenvalue weighted by Crippen LogP contribution is 2.37. The predicted molar refractivity (Wildman–Crippen MR) is 68.2 cm³/mol. The molecule has 4 heteroatoms. The maximum Gasteiger partial charge on any atom is 0.0959 e. The lowest BCUT2D eigenvalue weighted by Gasteiger charge is -2.43. The summed E-state index contributed by atoms with van der Waals surface area (Å²) >= 11 is 0. The van der Waals surface area contributed by atoms with E-state index in [0.717, 1.165) is 32.7 Å². The van der Waals surface area contributed by atoms with Crippen molar-refractivity contribution in [3.63, 3.8) is 0 Å². The van der Waals surface area contributed by atoms with Gasteiger partial charge in [-0.3, -0.25) is 4.98 Å². The Morgan fingerprint density at radius 2 is 2.22 bits per heavy atom. The lowest BCUT2D eigenvalue weighted by molar-refractivity contribution is -0.0675. The maximum absolute atomic E-state index is 5.88. The van der Waals surface area contributed by atoms with Gasteiger partial charge in [-0.15, -0.1) is 0 Å². The summed E-state index contributed by atoms with van der Waals surface area (Å²) in [4.78, 5) is 4.00. The SMILES string of the molecule is c1cc(COCCC2CCOC23CNC3)ccn1. The van der Waals surface area contributed by atoms with E-state index in [2.05, 4.69) is 10.3 Å². The van der Waals surface area contributed by atoms with Crippen molar-refractivity contribution < 1.29 is 9.47 Å². The molecule has 2 aliphatic rings. The molecule has 1 N–H and O–H groups in total. The van der Waals surface area contributed by atoms with E-state index < -0.39 is 0 Å². The molecule has 0 aliphatic carbocycles. The lowest BCUT2D eigenvalue weighted by atomic mass is 9.81. The molecule has 0 aromatic carbocycles. The Balaban J connectivity index is 1.40. The first-order valence-corrected chi connectivity index (χ1v) is 6.70. The molecule has 2 aliphatic heterocycles. The average Bonchev–Trinajstić information content (AvgIpc) is 2.80. The van der Waals surface area contributed by atoms with Crippen molar-refractivity contribution in [3.05, 3.63) is 30.1 Å². The van der Waals surface area contributed by atoms with Crippen LogP contribution in [0.4, 0.5) is 0 Å². The molecule has 1 atom stereocenters. The Kier molecular flexibility index (Phi) is 3.59. The van der Waals surface area contributed by atoms with Crippen LogP contribution in [0.25, 0.3) is 0 Å². The van der Waals surface area contributed by atoms with Gasteiger partial charge in [-0.2, -0.15) is 0 Å². The molecule has 1 spiro atoms. The minimum Gasteiger partial charge on any atom is -0.377 e. The molecule has 0 bridgehead atoms. The number of nitrogens with one attached hydrogen (secondary N) is 1. The number of ether oxygens (including phenoxy) is 2. The van der Waals surface area contributed by atoms with Crippen molar-refractivity contribution in [2.45, 2.75) is 25.0 Å². The average molecular weight is 248 g/mol. The summed E-state index contributed by atoms with van der Waals surface area (Å²) in [6, 6.07) is 3.99. The third-order valence-electron chi connectivity index (χ3n) is 4.08. The van der Waals surface area contributed by atoms with E-state index in [1.54, 1.807) is 12.4 Å². The molecule has 1 aromatic rings. The third kappa shape index (κ3) is 2.41. The maximum atomic E-state index is 5.88. The summed E-state index contributed by atoms with van der Waals surface area (Å²) in [5.74, 6) is 0.663. The molecule has 1 aromatic heterocycles. The van der Waals surface area contributed by atoms with E-state index in [1.165, 1.54) is 12.0 Å². The third-order valence-corrected chi connectivity index (χ3v) is 4.08. The Bertz CT molecular complexity index is 379. The summed E-state index contributed by atoms with van der Waals surface area (Å²) in [7, 11) is 0. The summed E-state index contributed by atoms with van der Waals surface area (Å²) in [5, 5.41) is 3.32. The standard InChI is InChI=1S/C14H20N2O2/c1-5-15-6-2-12(1)9-17-7-3-13-4-8-18-14(13)10-16-11-14/h1-2,5-6,13,16H,3-4,7-11H2. The van der Waals surface area contributed by atoms with E-state index >= 15 is 0 Å². The fraction of sp³-hybridized carbons (Fsp3) is 0.643. The molecule has 0 radical (unpaired) electrons. The molecule has 0 amide bonds. The summed E-state index contributed by atoms with van der Waals surface area (Å²) in [5.41, 5.74) is 1.33. The van der Waals surface area contributed by atoms with Gasteiger partial charge in [0.2, 0.25) is 0 Å². The van der Waals surface area contributed by atoms with E-state index in [-0.39, 0.29) is 5.60 Å². The summed E-state index contributed by atoms with van der Waals surface area (Å²) in [6.45, 7) is 4.44. The zero-order chi connectivity index (χ0) is 12.3. The minimum absolute atomic E-state index is 0.139. The second kappa shape index (κ2) is 5.34. The van der Waals surface area contributed by atoms with Gasteiger partial charge in [0.15, 0.2) is 0 Å². The Labute approximate surface area is 108 Å². The fourth-order valence-electron chi connectivity index (χ4n) is 2.85. The topological polar surface area (TPSA) is 43.4 Å². The molecular formula is C14H20N2O2. The van der Waals surface area contributed by atoms with Crippen LogP contribution in [-0.4, -0.2) is 36.9 Å². The van der Waals surface area contributed by atoms with E-state index in [1.807, 2.05) is 12.1 Å². The Hall–Kier alpha value is -0.970. The van der Waals surface area contributed by atoms with Crippen LogP contribution in [0.1, 0.15) is 18.4 Å². The molecule has 0 saturated carbocycles. The van der Waals surface area contributed by atoms with Crippen LogP contribution >= 0.6 is 0 Å². The Morgan fingerprint density at radius 3 is 2.94 bits per heavy atom. The quantitative estimate of drug-likeness (QED) is 0.799. The van der Waals surface area contributed by atoms with Gasteiger partial charge in [0.25, 0.3) is 0 Å². The van der Waals surface area contributed by atoms with Crippen LogP contribution in [0.3, 0.4) is 0 Å². The molecule has 2 saturated heterocycles. The Morgan fingerprint density at radius 1 is 1.39 bits per heavy atom. The fourth-order valence-corrected chi connectivity index (χ4v) is 2.85. The lowest BCUT2D eigenvalue weighted by Crippen LogP contribution is -2.62. The summed E-state index contributed by atoms with van der Waals surface area (Å²) in [6.07, 6.45) is 5.89. The van der Waals surface area contributed by atoms with Crippen LogP contribution in [0, 0.1) is 5.92 Å². The molecular weight excluding hydrogens is 228 g/mol. The second-order valence-electron chi connectivity index (χ2n) is 5.20. The number of aromatic nitrogens is 1. The number of rotatable bonds is 5. The monoisotopic (exact) mass is 248 g/mol. The summed E-state index contributed by atoms with van der Waals surface area (Å²) < 4.78 is 11.6. The van der Waals surface area contributed by atoms with Crippen LogP contribution in [-0.2, 0) is 16.1 Å². The normalized spacial score (nSPS) is 25.2. The first-order chi connectivity index (χ1) is 8.89. The van der Waals surface area contributed by atoms with Gasteiger partial charge < -0.3 is 14.8 Å². The van der Waals surface area contributed by atoms with Crippen molar-refractivity contribution in [1.29, 1.82) is 0 Å². The van der Waals surface area contributed by atoms with Crippen molar-refractivity contribution >= 4 is 0 Å². The van der Waals surface area contributed by atoms with Gasteiger partial charge in [-0.1, -0.05) is 0 Å². The predicted octanol–water partition coefficient (Wildman–Crippen LogP) is 1.37. The van der Waals surface area contributed by atoms with E-state index in [9.17, 15) is 0 Å². The first-order valence-electron chi connectivity index (χ1n) is 6.70. The second-order valence-corrected chi connectivity index (χ2v) is 5.20. The largest absolute Gasteiger partial charge is 0.377 e. The highest BCUT2D eigenvalue weighted by molar-refractivity contribution is 5.08.